The monoisotopic (exact) mass is 329 g/mol. The summed E-state index contributed by atoms with van der Waals surface area (Å²) < 4.78 is 0. The smallest absolute Gasteiger partial charge is 0.234 e. The van der Waals surface area contributed by atoms with E-state index in [1.807, 2.05) is 36.4 Å². The SMILES string of the molecule is CC(C)CC(Sc1n[nH]c(-c2ccccc2)n1)C(=O)NCC#N. The predicted octanol–water partition coefficient (Wildman–Crippen LogP) is 2.62. The molecule has 23 heavy (non-hydrogen) atoms. The van der Waals surface area contributed by atoms with Crippen LogP contribution in [0.3, 0.4) is 0 Å². The van der Waals surface area contributed by atoms with Gasteiger partial charge < -0.3 is 5.32 Å². The van der Waals surface area contributed by atoms with Crippen molar-refractivity contribution in [1.29, 1.82) is 5.26 Å². The molecule has 0 saturated carbocycles. The molecule has 120 valence electrons. The molecule has 6 nitrogen and oxygen atoms in total. The van der Waals surface area contributed by atoms with E-state index in [1.165, 1.54) is 11.8 Å². The second-order valence-corrected chi connectivity index (χ2v) is 6.61. The summed E-state index contributed by atoms with van der Waals surface area (Å²) in [5, 5.41) is 18.5. The van der Waals surface area contributed by atoms with Gasteiger partial charge in [-0.3, -0.25) is 9.89 Å². The quantitative estimate of drug-likeness (QED) is 0.601. The minimum absolute atomic E-state index is 0.0112. The highest BCUT2D eigenvalue weighted by Gasteiger charge is 2.23. The zero-order chi connectivity index (χ0) is 16.7. The van der Waals surface area contributed by atoms with Gasteiger partial charge in [-0.05, 0) is 12.3 Å². The van der Waals surface area contributed by atoms with Crippen LogP contribution in [-0.4, -0.2) is 32.9 Å². The zero-order valence-corrected chi connectivity index (χ0v) is 13.9. The fraction of sp³-hybridized carbons (Fsp3) is 0.375. The highest BCUT2D eigenvalue weighted by atomic mass is 32.2. The molecule has 0 spiro atoms. The maximum atomic E-state index is 12.2. The van der Waals surface area contributed by atoms with Crippen molar-refractivity contribution >= 4 is 17.7 Å². The van der Waals surface area contributed by atoms with Crippen LogP contribution in [0.25, 0.3) is 11.4 Å². The minimum Gasteiger partial charge on any atom is -0.342 e. The van der Waals surface area contributed by atoms with Crippen LogP contribution >= 0.6 is 11.8 Å². The number of aromatic nitrogens is 3. The molecule has 0 fully saturated rings. The average molecular weight is 329 g/mol. The first kappa shape index (κ1) is 17.0. The fourth-order valence-corrected chi connectivity index (χ4v) is 3.20. The van der Waals surface area contributed by atoms with Crippen molar-refractivity contribution in [3.8, 4) is 17.5 Å². The minimum atomic E-state index is -0.317. The molecule has 0 saturated heterocycles. The number of amides is 1. The first-order chi connectivity index (χ1) is 11.1. The molecular formula is C16H19N5OS. The first-order valence-corrected chi connectivity index (χ1v) is 8.27. The van der Waals surface area contributed by atoms with Gasteiger partial charge in [0, 0.05) is 5.56 Å². The molecule has 0 bridgehead atoms. The number of aromatic amines is 1. The predicted molar refractivity (Wildman–Crippen MR) is 89.5 cm³/mol. The number of benzene rings is 1. The molecule has 2 N–H and O–H groups in total. The topological polar surface area (TPSA) is 94.5 Å². The maximum absolute atomic E-state index is 12.2. The number of nitrogens with one attached hydrogen (secondary N) is 2. The van der Waals surface area contributed by atoms with Crippen LogP contribution in [0.5, 0.6) is 0 Å². The number of nitrogens with zero attached hydrogens (tertiary/aromatic N) is 3. The van der Waals surface area contributed by atoms with Gasteiger partial charge in [-0.25, -0.2) is 4.98 Å². The number of carbonyl (C=O) groups excluding carboxylic acids is 1. The van der Waals surface area contributed by atoms with Crippen molar-refractivity contribution in [2.24, 2.45) is 5.92 Å². The number of hydrogen-bond acceptors (Lipinski definition) is 5. The Kier molecular flexibility index (Phi) is 6.18. The van der Waals surface area contributed by atoms with E-state index in [4.69, 9.17) is 5.26 Å². The van der Waals surface area contributed by atoms with Crippen molar-refractivity contribution < 1.29 is 4.79 Å². The highest BCUT2D eigenvalue weighted by Crippen LogP contribution is 2.26. The Hall–Kier alpha value is -2.33. The van der Waals surface area contributed by atoms with Crippen LogP contribution < -0.4 is 5.32 Å². The molecule has 1 heterocycles. The first-order valence-electron chi connectivity index (χ1n) is 7.39. The fourth-order valence-electron chi connectivity index (χ4n) is 2.03. The van der Waals surface area contributed by atoms with Crippen molar-refractivity contribution in [1.82, 2.24) is 20.5 Å². The summed E-state index contributed by atoms with van der Waals surface area (Å²) in [7, 11) is 0. The molecule has 0 aliphatic rings. The molecule has 0 aliphatic heterocycles. The molecule has 2 aromatic rings. The summed E-state index contributed by atoms with van der Waals surface area (Å²) in [4.78, 5) is 16.6. The van der Waals surface area contributed by atoms with Crippen molar-refractivity contribution in [3.63, 3.8) is 0 Å². The van der Waals surface area contributed by atoms with E-state index >= 15 is 0 Å². The third-order valence-electron chi connectivity index (χ3n) is 3.08. The third-order valence-corrected chi connectivity index (χ3v) is 4.16. The van der Waals surface area contributed by atoms with Crippen LogP contribution in [0.4, 0.5) is 0 Å². The Labute approximate surface area is 139 Å². The van der Waals surface area contributed by atoms with E-state index < -0.39 is 0 Å². The van der Waals surface area contributed by atoms with Gasteiger partial charge >= 0.3 is 0 Å². The van der Waals surface area contributed by atoms with E-state index in [9.17, 15) is 4.79 Å². The molecule has 1 atom stereocenters. The van der Waals surface area contributed by atoms with Crippen LogP contribution in [0, 0.1) is 17.2 Å². The lowest BCUT2D eigenvalue weighted by molar-refractivity contribution is -0.120. The second-order valence-electron chi connectivity index (χ2n) is 5.44. The molecule has 0 aliphatic carbocycles. The Morgan fingerprint density at radius 3 is 2.78 bits per heavy atom. The standard InChI is InChI=1S/C16H19N5OS/c1-11(2)10-13(15(22)18-9-8-17)23-16-19-14(20-21-16)12-6-4-3-5-7-12/h3-7,11,13H,9-10H2,1-2H3,(H,18,22)(H,19,20,21). The highest BCUT2D eigenvalue weighted by molar-refractivity contribution is 8.00. The lowest BCUT2D eigenvalue weighted by atomic mass is 10.1. The summed E-state index contributed by atoms with van der Waals surface area (Å²) >= 11 is 1.32. The van der Waals surface area contributed by atoms with Gasteiger partial charge in [0.2, 0.25) is 11.1 Å². The Morgan fingerprint density at radius 2 is 2.13 bits per heavy atom. The third kappa shape index (κ3) is 5.11. The van der Waals surface area contributed by atoms with Crippen molar-refractivity contribution in [3.05, 3.63) is 30.3 Å². The van der Waals surface area contributed by atoms with Gasteiger partial charge in [0.15, 0.2) is 5.82 Å². The summed E-state index contributed by atoms with van der Waals surface area (Å²) in [6.07, 6.45) is 0.692. The van der Waals surface area contributed by atoms with Crippen LogP contribution in [0.15, 0.2) is 35.5 Å². The van der Waals surface area contributed by atoms with E-state index in [1.54, 1.807) is 0 Å². The van der Waals surface area contributed by atoms with Gasteiger partial charge in [0.1, 0.15) is 6.54 Å². The van der Waals surface area contributed by atoms with Crippen LogP contribution in [0.2, 0.25) is 0 Å². The number of hydrogen-bond donors (Lipinski definition) is 2. The van der Waals surface area contributed by atoms with E-state index in [-0.39, 0.29) is 17.7 Å². The molecule has 1 amide bonds. The largest absolute Gasteiger partial charge is 0.342 e. The summed E-state index contributed by atoms with van der Waals surface area (Å²) in [6, 6.07) is 11.6. The zero-order valence-electron chi connectivity index (χ0n) is 13.1. The molecule has 7 heteroatoms. The average Bonchev–Trinajstić information content (AvgIpc) is 3.01. The number of H-pyrrole nitrogens is 1. The van der Waals surface area contributed by atoms with Crippen LogP contribution in [0.1, 0.15) is 20.3 Å². The molecule has 2 rings (SSSR count). The van der Waals surface area contributed by atoms with Crippen LogP contribution in [-0.2, 0) is 4.79 Å². The normalized spacial score (nSPS) is 11.9. The molecule has 1 aromatic heterocycles. The lowest BCUT2D eigenvalue weighted by Crippen LogP contribution is -2.33. The number of rotatable bonds is 7. The molecular weight excluding hydrogens is 310 g/mol. The summed E-state index contributed by atoms with van der Waals surface area (Å²) in [6.45, 7) is 4.12. The molecule has 1 unspecified atom stereocenters. The maximum Gasteiger partial charge on any atom is 0.234 e. The van der Waals surface area contributed by atoms with E-state index in [0.717, 1.165) is 5.56 Å². The number of carbonyl (C=O) groups is 1. The molecule has 1 aromatic carbocycles. The Balaban J connectivity index is 2.09. The Morgan fingerprint density at radius 1 is 1.39 bits per heavy atom. The van der Waals surface area contributed by atoms with Crippen molar-refractivity contribution in [2.75, 3.05) is 6.54 Å². The van der Waals surface area contributed by atoms with Gasteiger partial charge in [0.05, 0.1) is 11.3 Å². The number of thioether (sulfide) groups is 1. The summed E-state index contributed by atoms with van der Waals surface area (Å²) in [5.74, 6) is 0.873. The van der Waals surface area contributed by atoms with E-state index in [0.29, 0.717) is 23.3 Å². The van der Waals surface area contributed by atoms with Crippen molar-refractivity contribution in [2.45, 2.75) is 30.7 Å². The lowest BCUT2D eigenvalue weighted by Gasteiger charge is -2.15. The molecule has 0 radical (unpaired) electrons. The second kappa shape index (κ2) is 8.34. The van der Waals surface area contributed by atoms with Gasteiger partial charge in [-0.1, -0.05) is 55.9 Å². The van der Waals surface area contributed by atoms with E-state index in [2.05, 4.69) is 34.3 Å². The van der Waals surface area contributed by atoms with Gasteiger partial charge in [-0.15, -0.1) is 5.10 Å². The summed E-state index contributed by atoms with van der Waals surface area (Å²) in [5.41, 5.74) is 0.946. The van der Waals surface area contributed by atoms with Gasteiger partial charge in [0.25, 0.3) is 0 Å². The Bertz CT molecular complexity index is 677. The number of nitriles is 1. The van der Waals surface area contributed by atoms with Gasteiger partial charge in [-0.2, -0.15) is 5.26 Å².